The van der Waals surface area contributed by atoms with Crippen LogP contribution in [0.1, 0.15) is 18.9 Å². The van der Waals surface area contributed by atoms with Crippen molar-refractivity contribution in [2.45, 2.75) is 13.3 Å². The van der Waals surface area contributed by atoms with Crippen molar-refractivity contribution < 1.29 is 4.84 Å². The molecule has 3 rings (SSSR count). The summed E-state index contributed by atoms with van der Waals surface area (Å²) in [5.74, 6) is 1.07. The van der Waals surface area contributed by atoms with Gasteiger partial charge in [-0.05, 0) is 24.6 Å². The van der Waals surface area contributed by atoms with E-state index >= 15 is 0 Å². The summed E-state index contributed by atoms with van der Waals surface area (Å²) in [4.78, 5) is 14.6. The van der Waals surface area contributed by atoms with Crippen LogP contribution in [-0.4, -0.2) is 54.9 Å². The van der Waals surface area contributed by atoms with Gasteiger partial charge in [0.1, 0.15) is 12.4 Å². The van der Waals surface area contributed by atoms with Crippen LogP contribution < -0.4 is 4.90 Å². The van der Waals surface area contributed by atoms with Gasteiger partial charge in [-0.2, -0.15) is 0 Å². The smallest absolute Gasteiger partial charge is 0.128 e. The lowest BCUT2D eigenvalue weighted by atomic mass is 10.1. The number of hydrogen-bond donors (Lipinski definition) is 0. The Hall–Kier alpha value is -2.40. The number of pyridine rings is 1. The molecule has 0 unspecified atom stereocenters. The highest BCUT2D eigenvalue weighted by Crippen LogP contribution is 2.13. The minimum Gasteiger partial charge on any atom is -0.396 e. The minimum absolute atomic E-state index is 0.596. The number of aromatic nitrogens is 1. The number of hydrogen-bond acceptors (Lipinski definition) is 5. The van der Waals surface area contributed by atoms with E-state index in [1.165, 1.54) is 0 Å². The van der Waals surface area contributed by atoms with E-state index < -0.39 is 0 Å². The Balaban J connectivity index is 1.52. The van der Waals surface area contributed by atoms with Crippen LogP contribution in [-0.2, 0) is 4.84 Å². The second-order valence-electron chi connectivity index (χ2n) is 6.09. The fourth-order valence-corrected chi connectivity index (χ4v) is 3.02. The molecule has 2 aromatic rings. The lowest BCUT2D eigenvalue weighted by Gasteiger charge is -2.35. The van der Waals surface area contributed by atoms with Crippen LogP contribution in [0, 0.1) is 0 Å². The van der Waals surface area contributed by atoms with Crippen LogP contribution in [0.3, 0.4) is 0 Å². The molecule has 5 nitrogen and oxygen atoms in total. The summed E-state index contributed by atoms with van der Waals surface area (Å²) >= 11 is 0. The largest absolute Gasteiger partial charge is 0.396 e. The van der Waals surface area contributed by atoms with E-state index in [1.54, 1.807) is 0 Å². The van der Waals surface area contributed by atoms with Gasteiger partial charge in [0.2, 0.25) is 0 Å². The third kappa shape index (κ3) is 5.03. The maximum absolute atomic E-state index is 5.32. The summed E-state index contributed by atoms with van der Waals surface area (Å²) in [6.45, 7) is 7.68. The Kier molecular flexibility index (Phi) is 6.40. The Morgan fingerprint density at radius 2 is 1.80 bits per heavy atom. The molecule has 132 valence electrons. The normalized spacial score (nSPS) is 16.0. The molecular weight excluding hydrogens is 312 g/mol. The maximum Gasteiger partial charge on any atom is 0.128 e. The van der Waals surface area contributed by atoms with Gasteiger partial charge in [-0.15, -0.1) is 0 Å². The van der Waals surface area contributed by atoms with E-state index in [0.717, 1.165) is 56.2 Å². The van der Waals surface area contributed by atoms with Crippen molar-refractivity contribution in [3.8, 4) is 0 Å². The molecule has 1 aromatic carbocycles. The van der Waals surface area contributed by atoms with Crippen molar-refractivity contribution in [3.63, 3.8) is 0 Å². The molecule has 0 radical (unpaired) electrons. The van der Waals surface area contributed by atoms with Gasteiger partial charge in [0, 0.05) is 45.3 Å². The number of piperazine rings is 1. The number of rotatable bonds is 7. The molecule has 2 heterocycles. The lowest BCUT2D eigenvalue weighted by molar-refractivity contribution is 0.157. The average Bonchev–Trinajstić information content (AvgIpc) is 2.70. The Morgan fingerprint density at radius 3 is 2.48 bits per heavy atom. The van der Waals surface area contributed by atoms with Crippen LogP contribution in [0.25, 0.3) is 0 Å². The van der Waals surface area contributed by atoms with Crippen molar-refractivity contribution >= 4 is 11.5 Å². The molecule has 1 aliphatic heterocycles. The third-order valence-electron chi connectivity index (χ3n) is 4.42. The zero-order valence-corrected chi connectivity index (χ0v) is 14.8. The molecular formula is C20H26N4O. The van der Waals surface area contributed by atoms with Crippen LogP contribution in [0.15, 0.2) is 59.9 Å². The molecule has 25 heavy (non-hydrogen) atoms. The predicted octanol–water partition coefficient (Wildman–Crippen LogP) is 3.03. The molecule has 0 bridgehead atoms. The molecule has 0 aliphatic carbocycles. The highest BCUT2D eigenvalue weighted by Gasteiger charge is 2.18. The maximum atomic E-state index is 5.32. The van der Waals surface area contributed by atoms with E-state index in [4.69, 9.17) is 4.84 Å². The van der Waals surface area contributed by atoms with Gasteiger partial charge in [0.25, 0.3) is 0 Å². The average molecular weight is 338 g/mol. The van der Waals surface area contributed by atoms with E-state index in [2.05, 4.69) is 38.1 Å². The third-order valence-corrected chi connectivity index (χ3v) is 4.42. The lowest BCUT2D eigenvalue weighted by Crippen LogP contribution is -2.47. The predicted molar refractivity (Wildman–Crippen MR) is 102 cm³/mol. The molecule has 0 saturated carbocycles. The van der Waals surface area contributed by atoms with Gasteiger partial charge in [0.05, 0.1) is 5.71 Å². The first kappa shape index (κ1) is 17.4. The van der Waals surface area contributed by atoms with Crippen molar-refractivity contribution in [1.82, 2.24) is 9.88 Å². The van der Waals surface area contributed by atoms with Crippen LogP contribution in [0.2, 0.25) is 0 Å². The number of anilines is 1. The number of oxime groups is 1. The molecule has 1 fully saturated rings. The Morgan fingerprint density at radius 1 is 1.04 bits per heavy atom. The summed E-state index contributed by atoms with van der Waals surface area (Å²) in [5.41, 5.74) is 2.16. The molecule has 0 N–H and O–H groups in total. The minimum atomic E-state index is 0.596. The number of nitrogens with zero attached hydrogens (tertiary/aromatic N) is 4. The molecule has 1 aliphatic rings. The summed E-state index contributed by atoms with van der Waals surface area (Å²) < 4.78 is 0. The van der Waals surface area contributed by atoms with Gasteiger partial charge in [-0.3, -0.25) is 4.90 Å². The van der Waals surface area contributed by atoms with Crippen molar-refractivity contribution in [1.29, 1.82) is 0 Å². The summed E-state index contributed by atoms with van der Waals surface area (Å²) in [7, 11) is 0. The summed E-state index contributed by atoms with van der Waals surface area (Å²) in [6.07, 6.45) is 2.76. The quantitative estimate of drug-likeness (QED) is 0.575. The molecule has 0 spiro atoms. The highest BCUT2D eigenvalue weighted by atomic mass is 16.6. The van der Waals surface area contributed by atoms with Gasteiger partial charge in [-0.25, -0.2) is 4.98 Å². The van der Waals surface area contributed by atoms with E-state index in [1.807, 2.05) is 43.5 Å². The van der Waals surface area contributed by atoms with Gasteiger partial charge < -0.3 is 9.74 Å². The molecule has 0 amide bonds. The van der Waals surface area contributed by atoms with Crippen molar-refractivity contribution in [3.05, 3.63) is 60.3 Å². The second-order valence-corrected chi connectivity index (χ2v) is 6.09. The highest BCUT2D eigenvalue weighted by molar-refractivity contribution is 6.00. The van der Waals surface area contributed by atoms with E-state index in [9.17, 15) is 0 Å². The fourth-order valence-electron chi connectivity index (χ4n) is 3.02. The molecule has 5 heteroatoms. The zero-order valence-electron chi connectivity index (χ0n) is 14.8. The zero-order chi connectivity index (χ0) is 17.3. The van der Waals surface area contributed by atoms with Crippen LogP contribution in [0.5, 0.6) is 0 Å². The van der Waals surface area contributed by atoms with Gasteiger partial charge in [-0.1, -0.05) is 41.6 Å². The SMILES string of the molecule is CCO/N=C(/CCN1CCN(c2ccccn2)CC1)c1ccccc1. The van der Waals surface area contributed by atoms with Crippen molar-refractivity contribution in [2.24, 2.45) is 5.16 Å². The first-order valence-electron chi connectivity index (χ1n) is 8.99. The first-order valence-corrected chi connectivity index (χ1v) is 8.99. The number of benzene rings is 1. The molecule has 1 saturated heterocycles. The summed E-state index contributed by atoms with van der Waals surface area (Å²) in [5, 5.41) is 4.33. The molecule has 1 aromatic heterocycles. The standard InChI is InChI=1S/C20H26N4O/c1-2-25-22-19(18-8-4-3-5-9-18)11-13-23-14-16-24(17-15-23)20-10-6-7-12-21-20/h3-10,12H,2,11,13-17H2,1H3/b22-19-. The van der Waals surface area contributed by atoms with E-state index in [-0.39, 0.29) is 0 Å². The van der Waals surface area contributed by atoms with Crippen molar-refractivity contribution in [2.75, 3.05) is 44.2 Å². The second kappa shape index (κ2) is 9.18. The monoisotopic (exact) mass is 338 g/mol. The summed E-state index contributed by atoms with van der Waals surface area (Å²) in [6, 6.07) is 16.4. The first-order chi connectivity index (χ1) is 12.4. The topological polar surface area (TPSA) is 41.0 Å². The van der Waals surface area contributed by atoms with Crippen LogP contribution in [0.4, 0.5) is 5.82 Å². The van der Waals surface area contributed by atoms with E-state index in [0.29, 0.717) is 6.61 Å². The Labute approximate surface area is 149 Å². The van der Waals surface area contributed by atoms with Gasteiger partial charge in [0.15, 0.2) is 0 Å². The van der Waals surface area contributed by atoms with Gasteiger partial charge >= 0.3 is 0 Å². The Bertz CT molecular complexity index is 652. The van der Waals surface area contributed by atoms with Crippen LogP contribution >= 0.6 is 0 Å². The molecule has 0 atom stereocenters. The fraction of sp³-hybridized carbons (Fsp3) is 0.400.